The van der Waals surface area contributed by atoms with Gasteiger partial charge in [0, 0.05) is 12.5 Å². The zero-order chi connectivity index (χ0) is 13.5. The van der Waals surface area contributed by atoms with Gasteiger partial charge in [-0.2, -0.15) is 0 Å². The number of carboxylic acid groups (broad SMARTS) is 1. The summed E-state index contributed by atoms with van der Waals surface area (Å²) in [6, 6.07) is 1.37. The van der Waals surface area contributed by atoms with E-state index in [4.69, 9.17) is 5.11 Å². The van der Waals surface area contributed by atoms with E-state index in [1.165, 1.54) is 19.2 Å². The third-order valence-electron chi connectivity index (χ3n) is 2.63. The van der Waals surface area contributed by atoms with Crippen molar-refractivity contribution in [3.05, 3.63) is 23.7 Å². The summed E-state index contributed by atoms with van der Waals surface area (Å²) in [7, 11) is -3.27. The number of carbonyl (C=O) groups is 1. The fourth-order valence-electron chi connectivity index (χ4n) is 1.43. The Morgan fingerprint density at radius 2 is 2.17 bits per heavy atom. The summed E-state index contributed by atoms with van der Waals surface area (Å²) in [6.45, 7) is 1.51. The molecule has 0 radical (unpaired) electrons. The Hall–Kier alpha value is -1.96. The standard InChI is InChI=1S/C10H11N3O4S/c1-5(18(2,16)17)8-12-7-3-6(10(14)15)4-11-9(7)13-8/h3-5H,1-2H3,(H,14,15)(H,11,12,13). The highest BCUT2D eigenvalue weighted by molar-refractivity contribution is 7.90. The number of hydrogen-bond donors (Lipinski definition) is 2. The maximum Gasteiger partial charge on any atom is 0.337 e. The van der Waals surface area contributed by atoms with Crippen LogP contribution in [-0.2, 0) is 9.84 Å². The first-order valence-corrected chi connectivity index (χ1v) is 7.02. The van der Waals surface area contributed by atoms with Gasteiger partial charge in [0.05, 0.1) is 11.1 Å². The van der Waals surface area contributed by atoms with Crippen LogP contribution in [0.3, 0.4) is 0 Å². The maximum absolute atomic E-state index is 11.4. The molecule has 0 fully saturated rings. The lowest BCUT2D eigenvalue weighted by Gasteiger charge is -2.03. The van der Waals surface area contributed by atoms with E-state index in [-0.39, 0.29) is 11.4 Å². The number of rotatable bonds is 3. The molecule has 0 aliphatic heterocycles. The van der Waals surface area contributed by atoms with Crippen molar-refractivity contribution in [1.29, 1.82) is 0 Å². The molecule has 18 heavy (non-hydrogen) atoms. The van der Waals surface area contributed by atoms with Crippen LogP contribution < -0.4 is 0 Å². The van der Waals surface area contributed by atoms with Crippen LogP contribution in [0.25, 0.3) is 11.2 Å². The van der Waals surface area contributed by atoms with Crippen molar-refractivity contribution in [2.24, 2.45) is 0 Å². The molecule has 1 atom stereocenters. The van der Waals surface area contributed by atoms with Crippen molar-refractivity contribution in [1.82, 2.24) is 15.0 Å². The van der Waals surface area contributed by atoms with Crippen LogP contribution in [0.4, 0.5) is 0 Å². The second-order valence-electron chi connectivity index (χ2n) is 3.99. The van der Waals surface area contributed by atoms with E-state index in [0.29, 0.717) is 11.2 Å². The van der Waals surface area contributed by atoms with E-state index in [1.54, 1.807) is 0 Å². The third kappa shape index (κ3) is 2.19. The number of hydrogen-bond acceptors (Lipinski definition) is 5. The van der Waals surface area contributed by atoms with Crippen LogP contribution in [0, 0.1) is 0 Å². The van der Waals surface area contributed by atoms with Crippen molar-refractivity contribution in [2.75, 3.05) is 6.26 Å². The molecule has 2 aromatic heterocycles. The molecule has 0 aromatic carbocycles. The minimum absolute atomic E-state index is 0.0182. The Bertz CT molecular complexity index is 720. The normalized spacial score (nSPS) is 13.7. The first-order valence-electron chi connectivity index (χ1n) is 5.07. The number of imidazole rings is 1. The van der Waals surface area contributed by atoms with Crippen LogP contribution in [0.15, 0.2) is 12.3 Å². The molecule has 0 bridgehead atoms. The summed E-state index contributed by atoms with van der Waals surface area (Å²) in [5.74, 6) is -0.848. The van der Waals surface area contributed by atoms with E-state index in [9.17, 15) is 13.2 Å². The number of carboxylic acids is 1. The Labute approximate surface area is 103 Å². The van der Waals surface area contributed by atoms with Crippen LogP contribution >= 0.6 is 0 Å². The highest BCUT2D eigenvalue weighted by atomic mass is 32.2. The first kappa shape index (κ1) is 12.5. The van der Waals surface area contributed by atoms with Crippen molar-refractivity contribution >= 4 is 27.0 Å². The van der Waals surface area contributed by atoms with Gasteiger partial charge in [-0.3, -0.25) is 0 Å². The summed E-state index contributed by atoms with van der Waals surface area (Å²) >= 11 is 0. The van der Waals surface area contributed by atoms with Gasteiger partial charge in [-0.1, -0.05) is 0 Å². The SMILES string of the molecule is CC(c1nc2ncc(C(=O)O)cc2[nH]1)S(C)(=O)=O. The molecule has 0 aliphatic rings. The molecular formula is C10H11N3O4S. The van der Waals surface area contributed by atoms with Gasteiger partial charge in [0.1, 0.15) is 11.1 Å². The molecule has 2 heterocycles. The van der Waals surface area contributed by atoms with E-state index in [1.807, 2.05) is 0 Å². The molecule has 2 rings (SSSR count). The summed E-state index contributed by atoms with van der Waals surface area (Å²) in [4.78, 5) is 21.5. The van der Waals surface area contributed by atoms with Gasteiger partial charge in [-0.05, 0) is 13.0 Å². The lowest BCUT2D eigenvalue weighted by atomic mass is 10.3. The molecule has 0 saturated carbocycles. The number of aromatic nitrogens is 3. The Morgan fingerprint density at radius 1 is 1.50 bits per heavy atom. The van der Waals surface area contributed by atoms with Crippen molar-refractivity contribution in [2.45, 2.75) is 12.2 Å². The van der Waals surface area contributed by atoms with Gasteiger partial charge in [0.2, 0.25) is 0 Å². The number of sulfone groups is 1. The Balaban J connectivity index is 2.54. The topological polar surface area (TPSA) is 113 Å². The largest absolute Gasteiger partial charge is 0.478 e. The molecule has 0 saturated heterocycles. The van der Waals surface area contributed by atoms with Crippen LogP contribution in [0.5, 0.6) is 0 Å². The predicted octanol–water partition coefficient (Wildman–Crippen LogP) is 0.762. The highest BCUT2D eigenvalue weighted by Crippen LogP contribution is 2.20. The molecule has 2 aromatic rings. The summed E-state index contributed by atoms with van der Waals surface area (Å²) in [5.41, 5.74) is 0.718. The first-order chi connectivity index (χ1) is 8.29. The summed E-state index contributed by atoms with van der Waals surface area (Å²) in [6.07, 6.45) is 2.29. The second-order valence-corrected chi connectivity index (χ2v) is 6.36. The van der Waals surface area contributed by atoms with Crippen LogP contribution in [-0.4, -0.2) is 40.7 Å². The Morgan fingerprint density at radius 3 is 2.72 bits per heavy atom. The molecule has 0 aliphatic carbocycles. The number of pyridine rings is 1. The van der Waals surface area contributed by atoms with Crippen molar-refractivity contribution in [3.8, 4) is 0 Å². The van der Waals surface area contributed by atoms with Gasteiger partial charge in [-0.25, -0.2) is 23.2 Å². The number of fused-ring (bicyclic) bond motifs is 1. The minimum atomic E-state index is -3.27. The van der Waals surface area contributed by atoms with Crippen LogP contribution in [0.2, 0.25) is 0 Å². The molecular weight excluding hydrogens is 258 g/mol. The van der Waals surface area contributed by atoms with E-state index >= 15 is 0 Å². The fraction of sp³-hybridized carbons (Fsp3) is 0.300. The second kappa shape index (κ2) is 4.05. The van der Waals surface area contributed by atoms with Gasteiger partial charge in [0.15, 0.2) is 15.5 Å². The van der Waals surface area contributed by atoms with Gasteiger partial charge in [0.25, 0.3) is 0 Å². The average Bonchev–Trinajstić information content (AvgIpc) is 2.68. The van der Waals surface area contributed by atoms with E-state index < -0.39 is 21.1 Å². The van der Waals surface area contributed by atoms with Crippen molar-refractivity contribution < 1.29 is 18.3 Å². The van der Waals surface area contributed by atoms with Gasteiger partial charge >= 0.3 is 5.97 Å². The highest BCUT2D eigenvalue weighted by Gasteiger charge is 2.21. The Kier molecular flexibility index (Phi) is 2.81. The quantitative estimate of drug-likeness (QED) is 0.850. The molecule has 0 spiro atoms. The molecule has 1 unspecified atom stereocenters. The van der Waals surface area contributed by atoms with Gasteiger partial charge < -0.3 is 10.1 Å². The molecule has 8 heteroatoms. The van der Waals surface area contributed by atoms with E-state index in [0.717, 1.165) is 6.26 Å². The summed E-state index contributed by atoms with van der Waals surface area (Å²) < 4.78 is 22.8. The van der Waals surface area contributed by atoms with Crippen LogP contribution in [0.1, 0.15) is 28.4 Å². The smallest absolute Gasteiger partial charge is 0.337 e. The average molecular weight is 269 g/mol. The summed E-state index contributed by atoms with van der Waals surface area (Å²) in [5, 5.41) is 8.03. The van der Waals surface area contributed by atoms with E-state index in [2.05, 4.69) is 15.0 Å². The number of aromatic carboxylic acids is 1. The number of nitrogens with zero attached hydrogens (tertiary/aromatic N) is 2. The maximum atomic E-state index is 11.4. The molecule has 7 nitrogen and oxygen atoms in total. The zero-order valence-electron chi connectivity index (χ0n) is 9.71. The lowest BCUT2D eigenvalue weighted by molar-refractivity contribution is 0.0696. The molecule has 96 valence electrons. The lowest BCUT2D eigenvalue weighted by Crippen LogP contribution is -2.09. The zero-order valence-corrected chi connectivity index (χ0v) is 10.5. The molecule has 2 N–H and O–H groups in total. The minimum Gasteiger partial charge on any atom is -0.478 e. The molecule has 0 amide bonds. The van der Waals surface area contributed by atoms with Crippen molar-refractivity contribution in [3.63, 3.8) is 0 Å². The number of H-pyrrole nitrogens is 1. The monoisotopic (exact) mass is 269 g/mol. The number of nitrogens with one attached hydrogen (secondary N) is 1. The third-order valence-corrected chi connectivity index (χ3v) is 4.14. The van der Waals surface area contributed by atoms with Gasteiger partial charge in [-0.15, -0.1) is 0 Å². The predicted molar refractivity (Wildman–Crippen MR) is 64.1 cm³/mol. The fourth-order valence-corrected chi connectivity index (χ4v) is 1.95. The number of aromatic amines is 1.